The summed E-state index contributed by atoms with van der Waals surface area (Å²) in [6.07, 6.45) is 0. The first-order valence-corrected chi connectivity index (χ1v) is 8.61. The van der Waals surface area contributed by atoms with Gasteiger partial charge >= 0.3 is 0 Å². The maximum absolute atomic E-state index is 13.0. The molecule has 2 unspecified atom stereocenters. The van der Waals surface area contributed by atoms with Gasteiger partial charge in [0.1, 0.15) is 0 Å². The largest absolute Gasteiger partial charge is 0.392 e. The van der Waals surface area contributed by atoms with E-state index >= 15 is 0 Å². The summed E-state index contributed by atoms with van der Waals surface area (Å²) < 4.78 is 13.0. The Morgan fingerprint density at radius 1 is 1.05 bits per heavy atom. The van der Waals surface area contributed by atoms with Gasteiger partial charge in [0, 0.05) is 28.4 Å². The van der Waals surface area contributed by atoms with Crippen LogP contribution in [0.3, 0.4) is 0 Å². The van der Waals surface area contributed by atoms with Crippen molar-refractivity contribution >= 4 is 10.8 Å². The molecule has 3 nitrogen and oxygen atoms in total. The van der Waals surface area contributed by atoms with Crippen molar-refractivity contribution in [2.45, 2.75) is 42.3 Å². The van der Waals surface area contributed by atoms with Crippen LogP contribution in [-0.2, 0) is 24.0 Å². The van der Waals surface area contributed by atoms with Crippen LogP contribution in [-0.4, -0.2) is 26.3 Å². The van der Waals surface area contributed by atoms with E-state index in [0.717, 1.165) is 29.1 Å². The summed E-state index contributed by atoms with van der Waals surface area (Å²) in [5, 5.41) is 9.46. The van der Waals surface area contributed by atoms with Crippen molar-refractivity contribution in [3.05, 3.63) is 59.7 Å². The van der Waals surface area contributed by atoms with Crippen molar-refractivity contribution in [1.82, 2.24) is 4.90 Å². The fourth-order valence-electron chi connectivity index (χ4n) is 2.66. The molecule has 22 heavy (non-hydrogen) atoms. The number of hydrogen-bond acceptors (Lipinski definition) is 3. The molecule has 1 N–H and O–H groups in total. The van der Waals surface area contributed by atoms with Crippen LogP contribution in [0.5, 0.6) is 0 Å². The van der Waals surface area contributed by atoms with Crippen molar-refractivity contribution in [3.8, 4) is 0 Å². The first-order valence-electron chi connectivity index (χ1n) is 7.46. The number of nitrogens with zero attached hydrogens (tertiary/aromatic N) is 1. The third-order valence-corrected chi connectivity index (χ3v) is 5.80. The highest BCUT2D eigenvalue weighted by atomic mass is 32.2. The standard InChI is InChI=1S/C18H21NO2S/c1-18(2)13-19(18)11-14-7-3-5-9-16(14)22(21)17-10-6-4-8-15(17)12-20/h3-10,20H,11-13H2,1-2H3. The quantitative estimate of drug-likeness (QED) is 0.863. The number of rotatable bonds is 5. The van der Waals surface area contributed by atoms with Crippen LogP contribution < -0.4 is 0 Å². The van der Waals surface area contributed by atoms with Crippen molar-refractivity contribution in [2.24, 2.45) is 0 Å². The van der Waals surface area contributed by atoms with Crippen LogP contribution in [0.4, 0.5) is 0 Å². The molecule has 0 aromatic heterocycles. The fraction of sp³-hybridized carbons (Fsp3) is 0.333. The Balaban J connectivity index is 1.93. The molecule has 0 bridgehead atoms. The summed E-state index contributed by atoms with van der Waals surface area (Å²) >= 11 is 0. The molecule has 1 fully saturated rings. The van der Waals surface area contributed by atoms with Gasteiger partial charge in [0.25, 0.3) is 0 Å². The molecule has 0 amide bonds. The minimum absolute atomic E-state index is 0.0940. The highest BCUT2D eigenvalue weighted by molar-refractivity contribution is 7.85. The normalized spacial score (nSPS) is 20.6. The second-order valence-corrected chi connectivity index (χ2v) is 7.73. The summed E-state index contributed by atoms with van der Waals surface area (Å²) in [5.41, 5.74) is 2.07. The van der Waals surface area contributed by atoms with Crippen LogP contribution in [0.25, 0.3) is 0 Å². The van der Waals surface area contributed by atoms with Gasteiger partial charge in [0.05, 0.1) is 17.4 Å². The molecule has 3 rings (SSSR count). The summed E-state index contributed by atoms with van der Waals surface area (Å²) in [4.78, 5) is 3.90. The van der Waals surface area contributed by atoms with Gasteiger partial charge in [-0.05, 0) is 37.1 Å². The van der Waals surface area contributed by atoms with E-state index in [1.165, 1.54) is 0 Å². The minimum Gasteiger partial charge on any atom is -0.392 e. The van der Waals surface area contributed by atoms with E-state index in [1.807, 2.05) is 48.5 Å². The van der Waals surface area contributed by atoms with Gasteiger partial charge in [0.2, 0.25) is 0 Å². The first-order chi connectivity index (χ1) is 10.5. The molecule has 1 heterocycles. The average molecular weight is 315 g/mol. The lowest BCUT2D eigenvalue weighted by Gasteiger charge is -2.13. The molecule has 116 valence electrons. The number of hydrogen-bond donors (Lipinski definition) is 1. The van der Waals surface area contributed by atoms with Crippen LogP contribution in [0.1, 0.15) is 25.0 Å². The fourth-order valence-corrected chi connectivity index (χ4v) is 4.04. The Kier molecular flexibility index (Phi) is 4.17. The van der Waals surface area contributed by atoms with Gasteiger partial charge in [-0.3, -0.25) is 4.90 Å². The van der Waals surface area contributed by atoms with Crippen LogP contribution in [0.2, 0.25) is 0 Å². The van der Waals surface area contributed by atoms with E-state index in [-0.39, 0.29) is 12.1 Å². The Bertz CT molecular complexity index is 712. The van der Waals surface area contributed by atoms with E-state index in [1.54, 1.807) is 0 Å². The van der Waals surface area contributed by atoms with E-state index < -0.39 is 10.8 Å². The zero-order valence-electron chi connectivity index (χ0n) is 13.0. The maximum atomic E-state index is 13.0. The lowest BCUT2D eigenvalue weighted by atomic mass is 10.2. The Morgan fingerprint density at radius 3 is 2.09 bits per heavy atom. The average Bonchev–Trinajstić information content (AvgIpc) is 3.13. The van der Waals surface area contributed by atoms with Gasteiger partial charge in [-0.2, -0.15) is 0 Å². The van der Waals surface area contributed by atoms with Crippen molar-refractivity contribution < 1.29 is 9.32 Å². The van der Waals surface area contributed by atoms with E-state index in [4.69, 9.17) is 0 Å². The lowest BCUT2D eigenvalue weighted by molar-refractivity contribution is 0.278. The Hall–Kier alpha value is -1.49. The zero-order chi connectivity index (χ0) is 15.7. The minimum atomic E-state index is -1.27. The van der Waals surface area contributed by atoms with Gasteiger partial charge < -0.3 is 5.11 Å². The highest BCUT2D eigenvalue weighted by Gasteiger charge is 2.42. The molecule has 2 aromatic carbocycles. The Labute approximate surface area is 134 Å². The molecule has 1 aliphatic heterocycles. The molecular formula is C18H21NO2S. The summed E-state index contributed by atoms with van der Waals surface area (Å²) in [5.74, 6) is 0. The number of aliphatic hydroxyl groups excluding tert-OH is 1. The number of aliphatic hydroxyl groups is 1. The van der Waals surface area contributed by atoms with Gasteiger partial charge in [0.15, 0.2) is 0 Å². The summed E-state index contributed by atoms with van der Waals surface area (Å²) in [6.45, 7) is 6.22. The number of benzene rings is 2. The van der Waals surface area contributed by atoms with Crippen LogP contribution in [0.15, 0.2) is 58.3 Å². The predicted molar refractivity (Wildman–Crippen MR) is 88.0 cm³/mol. The molecule has 4 heteroatoms. The molecule has 0 spiro atoms. The second-order valence-electron chi connectivity index (χ2n) is 6.31. The van der Waals surface area contributed by atoms with Gasteiger partial charge in [-0.1, -0.05) is 36.4 Å². The maximum Gasteiger partial charge on any atom is 0.0856 e. The first kappa shape index (κ1) is 15.4. The van der Waals surface area contributed by atoms with E-state index in [0.29, 0.717) is 4.90 Å². The monoisotopic (exact) mass is 315 g/mol. The van der Waals surface area contributed by atoms with Crippen LogP contribution in [0, 0.1) is 0 Å². The third kappa shape index (κ3) is 3.00. The van der Waals surface area contributed by atoms with Gasteiger partial charge in [-0.25, -0.2) is 4.21 Å². The lowest BCUT2D eigenvalue weighted by Crippen LogP contribution is -2.11. The zero-order valence-corrected chi connectivity index (χ0v) is 13.8. The highest BCUT2D eigenvalue weighted by Crippen LogP contribution is 2.34. The molecule has 0 radical (unpaired) electrons. The summed E-state index contributed by atoms with van der Waals surface area (Å²) in [6, 6.07) is 15.3. The molecule has 2 aromatic rings. The topological polar surface area (TPSA) is 40.3 Å². The smallest absolute Gasteiger partial charge is 0.0856 e. The predicted octanol–water partition coefficient (Wildman–Crippen LogP) is 2.94. The molecule has 1 saturated heterocycles. The van der Waals surface area contributed by atoms with Crippen molar-refractivity contribution in [3.63, 3.8) is 0 Å². The van der Waals surface area contributed by atoms with Crippen molar-refractivity contribution in [1.29, 1.82) is 0 Å². The van der Waals surface area contributed by atoms with E-state index in [2.05, 4.69) is 18.7 Å². The SMILES string of the molecule is CC1(C)CN1Cc1ccccc1S(=O)c1ccccc1CO. The second kappa shape index (κ2) is 5.95. The van der Waals surface area contributed by atoms with Crippen LogP contribution >= 0.6 is 0 Å². The molecule has 1 aliphatic rings. The molecular weight excluding hydrogens is 294 g/mol. The summed E-state index contributed by atoms with van der Waals surface area (Å²) in [7, 11) is -1.27. The molecule has 0 saturated carbocycles. The van der Waals surface area contributed by atoms with Crippen molar-refractivity contribution in [2.75, 3.05) is 6.54 Å². The molecule has 0 aliphatic carbocycles. The Morgan fingerprint density at radius 2 is 1.55 bits per heavy atom. The van der Waals surface area contributed by atoms with E-state index in [9.17, 15) is 9.32 Å². The third-order valence-electron chi connectivity index (χ3n) is 4.21. The molecule has 2 atom stereocenters. The van der Waals surface area contributed by atoms with Gasteiger partial charge in [-0.15, -0.1) is 0 Å².